The highest BCUT2D eigenvalue weighted by atomic mass is 79.9. The van der Waals surface area contributed by atoms with Crippen LogP contribution in [0.1, 0.15) is 24.2 Å². The fourth-order valence-electron chi connectivity index (χ4n) is 1.88. The van der Waals surface area contributed by atoms with Crippen molar-refractivity contribution in [2.75, 3.05) is 0 Å². The molecule has 0 saturated heterocycles. The van der Waals surface area contributed by atoms with Gasteiger partial charge in [0.05, 0.1) is 5.56 Å². The van der Waals surface area contributed by atoms with Gasteiger partial charge in [-0.15, -0.1) is 0 Å². The van der Waals surface area contributed by atoms with Gasteiger partial charge in [-0.2, -0.15) is 0 Å². The number of aromatic nitrogens is 1. The van der Waals surface area contributed by atoms with Gasteiger partial charge < -0.3 is 9.88 Å². The van der Waals surface area contributed by atoms with Crippen molar-refractivity contribution in [3.63, 3.8) is 0 Å². The molecule has 0 radical (unpaired) electrons. The topological polar surface area (TPSA) is 34.0 Å². The summed E-state index contributed by atoms with van der Waals surface area (Å²) in [5, 5.41) is 3.90. The second kappa shape index (κ2) is 4.53. The third kappa shape index (κ3) is 2.36. The van der Waals surface area contributed by atoms with E-state index < -0.39 is 0 Å². The molecule has 17 heavy (non-hydrogen) atoms. The second-order valence-electron chi connectivity index (χ2n) is 4.44. The van der Waals surface area contributed by atoms with Crippen molar-refractivity contribution in [2.45, 2.75) is 19.9 Å². The lowest BCUT2D eigenvalue weighted by molar-refractivity contribution is 0.0944. The van der Waals surface area contributed by atoms with E-state index in [1.54, 1.807) is 0 Å². The number of fused-ring (bicyclic) bond motifs is 1. The van der Waals surface area contributed by atoms with Crippen LogP contribution < -0.4 is 5.32 Å². The maximum absolute atomic E-state index is 12.0. The Morgan fingerprint density at radius 1 is 1.41 bits per heavy atom. The van der Waals surface area contributed by atoms with E-state index in [9.17, 15) is 4.79 Å². The number of benzene rings is 1. The highest BCUT2D eigenvalue weighted by Gasteiger charge is 2.14. The van der Waals surface area contributed by atoms with Crippen molar-refractivity contribution in [3.8, 4) is 0 Å². The summed E-state index contributed by atoms with van der Waals surface area (Å²) in [6.45, 7) is 3.92. The lowest BCUT2D eigenvalue weighted by atomic mass is 10.1. The third-order valence-corrected chi connectivity index (χ3v) is 3.11. The maximum atomic E-state index is 12.0. The van der Waals surface area contributed by atoms with Gasteiger partial charge in [0.25, 0.3) is 5.91 Å². The summed E-state index contributed by atoms with van der Waals surface area (Å²) in [4.78, 5) is 12.0. The number of aryl methyl sites for hydroxylation is 1. The quantitative estimate of drug-likeness (QED) is 0.907. The van der Waals surface area contributed by atoms with E-state index in [2.05, 4.69) is 21.2 Å². The Hall–Kier alpha value is -1.29. The Kier molecular flexibility index (Phi) is 3.24. The summed E-state index contributed by atoms with van der Waals surface area (Å²) in [5.74, 6) is -0.0204. The molecule has 0 aliphatic carbocycles. The largest absolute Gasteiger partial charge is 0.350 e. The Labute approximate surface area is 109 Å². The first kappa shape index (κ1) is 12.2. The summed E-state index contributed by atoms with van der Waals surface area (Å²) < 4.78 is 2.98. The molecule has 1 aromatic heterocycles. The molecule has 1 aromatic carbocycles. The Balaban J connectivity index is 2.52. The molecule has 4 heteroatoms. The SMILES string of the molecule is CC(C)NC(=O)c1cn(C)c2cc(Br)ccc12. The lowest BCUT2D eigenvalue weighted by Crippen LogP contribution is -2.29. The molecule has 3 nitrogen and oxygen atoms in total. The molecule has 2 rings (SSSR count). The highest BCUT2D eigenvalue weighted by molar-refractivity contribution is 9.10. The molecule has 0 aliphatic rings. The van der Waals surface area contributed by atoms with Crippen molar-refractivity contribution in [1.29, 1.82) is 0 Å². The molecule has 0 spiro atoms. The molecule has 1 amide bonds. The Bertz CT molecular complexity index is 572. The predicted molar refractivity (Wildman–Crippen MR) is 73.2 cm³/mol. The monoisotopic (exact) mass is 294 g/mol. The lowest BCUT2D eigenvalue weighted by Gasteiger charge is -2.06. The minimum atomic E-state index is -0.0204. The van der Waals surface area contributed by atoms with E-state index in [1.807, 2.05) is 49.9 Å². The second-order valence-corrected chi connectivity index (χ2v) is 5.36. The van der Waals surface area contributed by atoms with Gasteiger partial charge in [-0.1, -0.05) is 22.0 Å². The van der Waals surface area contributed by atoms with Gasteiger partial charge in [-0.25, -0.2) is 0 Å². The average molecular weight is 295 g/mol. The van der Waals surface area contributed by atoms with E-state index in [-0.39, 0.29) is 11.9 Å². The Morgan fingerprint density at radius 2 is 2.12 bits per heavy atom. The summed E-state index contributed by atoms with van der Waals surface area (Å²) in [6.07, 6.45) is 1.87. The standard InChI is InChI=1S/C13H15BrN2O/c1-8(2)15-13(17)11-7-16(3)12-6-9(14)4-5-10(11)12/h4-8H,1-3H3,(H,15,17). The van der Waals surface area contributed by atoms with Gasteiger partial charge in [0, 0.05) is 34.7 Å². The fraction of sp³-hybridized carbons (Fsp3) is 0.308. The number of amides is 1. The van der Waals surface area contributed by atoms with Gasteiger partial charge in [0.15, 0.2) is 0 Å². The van der Waals surface area contributed by atoms with E-state index in [0.29, 0.717) is 0 Å². The third-order valence-electron chi connectivity index (χ3n) is 2.62. The minimum absolute atomic E-state index is 0.0204. The summed E-state index contributed by atoms with van der Waals surface area (Å²) in [5.41, 5.74) is 1.77. The minimum Gasteiger partial charge on any atom is -0.350 e. The molecule has 0 aliphatic heterocycles. The normalized spacial score (nSPS) is 11.1. The van der Waals surface area contributed by atoms with Crippen LogP contribution in [0.25, 0.3) is 10.9 Å². The van der Waals surface area contributed by atoms with Crippen LogP contribution in [0.4, 0.5) is 0 Å². The predicted octanol–water partition coefficient (Wildman–Crippen LogP) is 3.08. The van der Waals surface area contributed by atoms with Crippen molar-refractivity contribution in [1.82, 2.24) is 9.88 Å². The van der Waals surface area contributed by atoms with E-state index >= 15 is 0 Å². The number of carbonyl (C=O) groups is 1. The van der Waals surface area contributed by atoms with Crippen molar-refractivity contribution in [3.05, 3.63) is 34.4 Å². The van der Waals surface area contributed by atoms with Gasteiger partial charge in [-0.05, 0) is 26.0 Å². The summed E-state index contributed by atoms with van der Waals surface area (Å²) in [6, 6.07) is 6.08. The number of nitrogens with zero attached hydrogens (tertiary/aromatic N) is 1. The molecule has 0 atom stereocenters. The molecule has 0 fully saturated rings. The zero-order valence-electron chi connectivity index (χ0n) is 10.1. The van der Waals surface area contributed by atoms with Gasteiger partial charge in [-0.3, -0.25) is 4.79 Å². The van der Waals surface area contributed by atoms with Gasteiger partial charge in [0.2, 0.25) is 0 Å². The number of hydrogen-bond donors (Lipinski definition) is 1. The first-order valence-corrected chi connectivity index (χ1v) is 6.34. The smallest absolute Gasteiger partial charge is 0.253 e. The molecule has 2 aromatic rings. The number of nitrogens with one attached hydrogen (secondary N) is 1. The number of carbonyl (C=O) groups excluding carboxylic acids is 1. The molecule has 1 heterocycles. The molecule has 0 bridgehead atoms. The summed E-state index contributed by atoms with van der Waals surface area (Å²) in [7, 11) is 1.95. The van der Waals surface area contributed by atoms with Crippen LogP contribution in [-0.4, -0.2) is 16.5 Å². The first-order valence-electron chi connectivity index (χ1n) is 5.54. The molecule has 90 valence electrons. The van der Waals surface area contributed by atoms with E-state index in [4.69, 9.17) is 0 Å². The van der Waals surface area contributed by atoms with Crippen molar-refractivity contribution < 1.29 is 4.79 Å². The number of halogens is 1. The van der Waals surface area contributed by atoms with Crippen molar-refractivity contribution in [2.24, 2.45) is 7.05 Å². The first-order chi connectivity index (χ1) is 7.99. The van der Waals surface area contributed by atoms with Gasteiger partial charge in [0.1, 0.15) is 0 Å². The van der Waals surface area contributed by atoms with Crippen LogP contribution in [-0.2, 0) is 7.05 Å². The van der Waals surface area contributed by atoms with Crippen LogP contribution in [0.15, 0.2) is 28.9 Å². The van der Waals surface area contributed by atoms with Crippen LogP contribution in [0.3, 0.4) is 0 Å². The maximum Gasteiger partial charge on any atom is 0.253 e. The van der Waals surface area contributed by atoms with Gasteiger partial charge >= 0.3 is 0 Å². The molecular weight excluding hydrogens is 280 g/mol. The van der Waals surface area contributed by atoms with Crippen LogP contribution >= 0.6 is 15.9 Å². The molecule has 0 unspecified atom stereocenters. The highest BCUT2D eigenvalue weighted by Crippen LogP contribution is 2.24. The average Bonchev–Trinajstić information content (AvgIpc) is 2.55. The molecular formula is C13H15BrN2O. The van der Waals surface area contributed by atoms with E-state index in [0.717, 1.165) is 20.9 Å². The van der Waals surface area contributed by atoms with Crippen LogP contribution in [0.2, 0.25) is 0 Å². The van der Waals surface area contributed by atoms with Crippen LogP contribution in [0, 0.1) is 0 Å². The fourth-order valence-corrected chi connectivity index (χ4v) is 2.23. The number of rotatable bonds is 2. The zero-order valence-corrected chi connectivity index (χ0v) is 11.7. The molecule has 1 N–H and O–H groups in total. The summed E-state index contributed by atoms with van der Waals surface area (Å²) >= 11 is 3.44. The Morgan fingerprint density at radius 3 is 2.76 bits per heavy atom. The van der Waals surface area contributed by atoms with Crippen molar-refractivity contribution >= 4 is 32.7 Å². The van der Waals surface area contributed by atoms with Crippen LogP contribution in [0.5, 0.6) is 0 Å². The van der Waals surface area contributed by atoms with E-state index in [1.165, 1.54) is 0 Å². The zero-order chi connectivity index (χ0) is 12.6. The number of hydrogen-bond acceptors (Lipinski definition) is 1. The molecule has 0 saturated carbocycles.